The molecule has 0 amide bonds. The molecule has 0 aliphatic heterocycles. The fourth-order valence-corrected chi connectivity index (χ4v) is 11.9. The lowest BCUT2D eigenvalue weighted by atomic mass is 10.0. The van der Waals surface area contributed by atoms with Crippen molar-refractivity contribution < 1.29 is 37.6 Å². The van der Waals surface area contributed by atoms with Crippen LogP contribution in [0.4, 0.5) is 0 Å². The van der Waals surface area contributed by atoms with Gasteiger partial charge >= 0.3 is 19.8 Å². The van der Waals surface area contributed by atoms with Gasteiger partial charge in [-0.15, -0.1) is 0 Å². The van der Waals surface area contributed by atoms with Crippen LogP contribution in [0.15, 0.2) is 158 Å². The molecule has 97 heavy (non-hydrogen) atoms. The average molecular weight is 1370 g/mol. The van der Waals surface area contributed by atoms with Gasteiger partial charge in [-0.2, -0.15) is 0 Å². The first-order valence-corrected chi connectivity index (χ1v) is 41.5. The molecule has 0 aromatic rings. The van der Waals surface area contributed by atoms with Crippen molar-refractivity contribution in [2.24, 2.45) is 5.73 Å². The van der Waals surface area contributed by atoms with Gasteiger partial charge in [0.2, 0.25) is 0 Å². The summed E-state index contributed by atoms with van der Waals surface area (Å²) in [7, 11) is -4.40. The number of phosphoric acid groups is 1. The zero-order chi connectivity index (χ0) is 70.0. The summed E-state index contributed by atoms with van der Waals surface area (Å²) in [5.74, 6) is -0.819. The first kappa shape index (κ1) is 92.6. The van der Waals surface area contributed by atoms with Crippen molar-refractivity contribution in [2.45, 2.75) is 354 Å². The normalized spacial score (nSPS) is 13.7. The van der Waals surface area contributed by atoms with Crippen LogP contribution in [0.25, 0.3) is 0 Å². The molecule has 0 fully saturated rings. The molecule has 0 aliphatic rings. The number of phosphoric ester groups is 1. The minimum Gasteiger partial charge on any atom is -0.462 e. The SMILES string of the molecule is CC/C=C\C/C=C\C/C=C\C/C=C\C/C=C\C/C=C\C/C=C\CCCCCCCCCCCCCCCCCCCC(=O)OC(COC(=O)CCCCCCCCCCCCCCCCCCCC/C=C\C/C=C\C/C=C\C/C=C\C/C=C\C/C=C\CC)COP(=O)(O)OCCN. The maximum absolute atomic E-state index is 12.8. The Labute approximate surface area is 598 Å². The van der Waals surface area contributed by atoms with Crippen molar-refractivity contribution in [1.29, 1.82) is 0 Å². The van der Waals surface area contributed by atoms with Crippen LogP contribution in [0.5, 0.6) is 0 Å². The summed E-state index contributed by atoms with van der Waals surface area (Å²) < 4.78 is 33.3. The first-order valence-electron chi connectivity index (χ1n) is 40.0. The van der Waals surface area contributed by atoms with E-state index in [2.05, 4.69) is 172 Å². The third-order valence-electron chi connectivity index (χ3n) is 16.9. The molecule has 0 radical (unpaired) electrons. The van der Waals surface area contributed by atoms with Crippen LogP contribution in [0, 0.1) is 0 Å². The molecule has 2 atom stereocenters. The molecule has 10 heteroatoms. The van der Waals surface area contributed by atoms with Crippen LogP contribution < -0.4 is 5.73 Å². The second-order valence-corrected chi connectivity index (χ2v) is 27.6. The van der Waals surface area contributed by atoms with Gasteiger partial charge in [0, 0.05) is 19.4 Å². The minimum atomic E-state index is -4.40. The Hall–Kier alpha value is -4.37. The molecule has 2 unspecified atom stereocenters. The molecule has 554 valence electrons. The van der Waals surface area contributed by atoms with E-state index in [1.807, 2.05) is 0 Å². The van der Waals surface area contributed by atoms with E-state index in [9.17, 15) is 19.0 Å². The predicted octanol–water partition coefficient (Wildman–Crippen LogP) is 27.1. The Morgan fingerprint density at radius 3 is 0.794 bits per heavy atom. The highest BCUT2D eigenvalue weighted by Gasteiger charge is 2.26. The Balaban J connectivity index is 3.83. The summed E-state index contributed by atoms with van der Waals surface area (Å²) in [5.41, 5.74) is 5.42. The van der Waals surface area contributed by atoms with E-state index in [4.69, 9.17) is 24.3 Å². The summed E-state index contributed by atoms with van der Waals surface area (Å²) in [6.07, 6.45) is 118. The standard InChI is InChI=1S/C87H148NO8P/c1-3-5-7-9-11-13-15-17-19-21-23-25-27-29-31-33-35-37-39-41-42-44-46-48-50-52-54-56-58-60-62-64-66-68-70-72-74-76-78-80-87(90)96-85(84-95-97(91,92)94-82-81-88)83-93-86(89)79-77-75-73-71-69-67-65-63-61-59-57-55-53-51-49-47-45-43-40-38-36-34-32-30-28-26-24-22-20-18-16-14-12-10-8-6-4-2/h5-8,11-14,17-20,23-26,29-32,35-38,41-42,85H,3-4,9-10,15-16,21-22,27-28,33-34,39-40,43-84,88H2,1-2H3,(H,91,92)/b7-5-,8-6-,13-11-,14-12-,19-17-,20-18-,25-23-,26-24-,31-29-,32-30-,37-35-,38-36-,42-41-. The summed E-state index contributed by atoms with van der Waals surface area (Å²) in [5, 5.41) is 0. The van der Waals surface area contributed by atoms with Crippen LogP contribution >= 0.6 is 7.82 Å². The van der Waals surface area contributed by atoms with E-state index in [-0.39, 0.29) is 38.6 Å². The number of esters is 2. The number of allylic oxidation sites excluding steroid dienone is 26. The summed E-state index contributed by atoms with van der Waals surface area (Å²) in [4.78, 5) is 35.5. The lowest BCUT2D eigenvalue weighted by Gasteiger charge is -2.19. The van der Waals surface area contributed by atoms with Crippen LogP contribution in [0.2, 0.25) is 0 Å². The first-order chi connectivity index (χ1) is 47.8. The second kappa shape index (κ2) is 80.6. The van der Waals surface area contributed by atoms with Gasteiger partial charge in [0.25, 0.3) is 0 Å². The quantitative estimate of drug-likeness (QED) is 0.0264. The Bertz CT molecular complexity index is 2160. The second-order valence-electron chi connectivity index (χ2n) is 26.2. The summed E-state index contributed by atoms with van der Waals surface area (Å²) in [6, 6.07) is 0. The summed E-state index contributed by atoms with van der Waals surface area (Å²) in [6.45, 7) is 3.55. The van der Waals surface area contributed by atoms with Crippen LogP contribution in [0.3, 0.4) is 0 Å². The van der Waals surface area contributed by atoms with E-state index in [0.29, 0.717) is 6.42 Å². The number of ether oxygens (including phenoxy) is 2. The van der Waals surface area contributed by atoms with Gasteiger partial charge < -0.3 is 20.1 Å². The zero-order valence-electron chi connectivity index (χ0n) is 62.5. The number of carbonyl (C=O) groups excluding carboxylic acids is 2. The van der Waals surface area contributed by atoms with Crippen molar-refractivity contribution in [1.82, 2.24) is 0 Å². The topological polar surface area (TPSA) is 134 Å². The number of carbonyl (C=O) groups is 2. The highest BCUT2D eigenvalue weighted by atomic mass is 31.2. The third kappa shape index (κ3) is 80.5. The van der Waals surface area contributed by atoms with Crippen molar-refractivity contribution in [3.63, 3.8) is 0 Å². The van der Waals surface area contributed by atoms with Gasteiger partial charge in [-0.1, -0.05) is 371 Å². The molecule has 0 rings (SSSR count). The van der Waals surface area contributed by atoms with E-state index >= 15 is 0 Å². The molecule has 0 bridgehead atoms. The maximum atomic E-state index is 12.8. The third-order valence-corrected chi connectivity index (χ3v) is 17.9. The predicted molar refractivity (Wildman–Crippen MR) is 422 cm³/mol. The molecular formula is C87H148NO8P. The van der Waals surface area contributed by atoms with Gasteiger partial charge in [0.05, 0.1) is 13.2 Å². The van der Waals surface area contributed by atoms with Gasteiger partial charge in [-0.05, 0) is 122 Å². The van der Waals surface area contributed by atoms with E-state index in [1.54, 1.807) is 0 Å². The monoisotopic (exact) mass is 1370 g/mol. The zero-order valence-corrected chi connectivity index (χ0v) is 63.4. The van der Waals surface area contributed by atoms with Crippen molar-refractivity contribution in [3.8, 4) is 0 Å². The van der Waals surface area contributed by atoms with Crippen LogP contribution in [-0.4, -0.2) is 49.3 Å². The molecular weight excluding hydrogens is 1220 g/mol. The highest BCUT2D eigenvalue weighted by Crippen LogP contribution is 2.43. The highest BCUT2D eigenvalue weighted by molar-refractivity contribution is 7.47. The maximum Gasteiger partial charge on any atom is 0.472 e. The average Bonchev–Trinajstić information content (AvgIpc) is 2.88. The molecule has 0 spiro atoms. The van der Waals surface area contributed by atoms with Crippen molar-refractivity contribution in [2.75, 3.05) is 26.4 Å². The van der Waals surface area contributed by atoms with Gasteiger partial charge in [-0.25, -0.2) is 4.57 Å². The molecule has 0 aromatic heterocycles. The molecule has 0 heterocycles. The van der Waals surface area contributed by atoms with Gasteiger partial charge in [0.1, 0.15) is 6.61 Å². The molecule has 3 N–H and O–H groups in total. The number of hydrogen-bond donors (Lipinski definition) is 2. The Morgan fingerprint density at radius 2 is 0.536 bits per heavy atom. The summed E-state index contributed by atoms with van der Waals surface area (Å²) >= 11 is 0. The minimum absolute atomic E-state index is 0.0498. The van der Waals surface area contributed by atoms with E-state index in [0.717, 1.165) is 122 Å². The van der Waals surface area contributed by atoms with Gasteiger partial charge in [-0.3, -0.25) is 18.6 Å². The van der Waals surface area contributed by atoms with Gasteiger partial charge in [0.15, 0.2) is 6.10 Å². The number of nitrogens with two attached hydrogens (primary N) is 1. The lowest BCUT2D eigenvalue weighted by Crippen LogP contribution is -2.29. The Morgan fingerprint density at radius 1 is 0.309 bits per heavy atom. The largest absolute Gasteiger partial charge is 0.472 e. The lowest BCUT2D eigenvalue weighted by molar-refractivity contribution is -0.161. The molecule has 0 aromatic carbocycles. The fraction of sp³-hybridized carbons (Fsp3) is 0.678. The van der Waals surface area contributed by atoms with Crippen LogP contribution in [0.1, 0.15) is 348 Å². The smallest absolute Gasteiger partial charge is 0.462 e. The van der Waals surface area contributed by atoms with Crippen molar-refractivity contribution >= 4 is 19.8 Å². The van der Waals surface area contributed by atoms with E-state index in [1.165, 1.54) is 193 Å². The van der Waals surface area contributed by atoms with Crippen molar-refractivity contribution in [3.05, 3.63) is 158 Å². The fourth-order valence-electron chi connectivity index (χ4n) is 11.1. The molecule has 0 saturated heterocycles. The Kier molecular flexibility index (Phi) is 77.0. The number of hydrogen-bond acceptors (Lipinski definition) is 8. The number of rotatable bonds is 74. The molecule has 9 nitrogen and oxygen atoms in total. The number of unbranched alkanes of at least 4 members (excludes halogenated alkanes) is 35. The molecule has 0 saturated carbocycles. The van der Waals surface area contributed by atoms with Crippen LogP contribution in [-0.2, 0) is 32.7 Å². The molecule has 0 aliphatic carbocycles. The van der Waals surface area contributed by atoms with E-state index < -0.39 is 26.5 Å².